The van der Waals surface area contributed by atoms with Crippen molar-refractivity contribution in [2.24, 2.45) is 0 Å². The summed E-state index contributed by atoms with van der Waals surface area (Å²) in [6.45, 7) is 6.65. The first-order valence-electron chi connectivity index (χ1n) is 5.35. The van der Waals surface area contributed by atoms with Crippen molar-refractivity contribution in [1.29, 1.82) is 0 Å². The highest BCUT2D eigenvalue weighted by atomic mass is 32.1. The summed E-state index contributed by atoms with van der Waals surface area (Å²) in [5, 5.41) is 3.29. The Hall–Kier alpha value is -0.870. The first-order chi connectivity index (χ1) is 7.33. The topological polar surface area (TPSA) is 32.3 Å². The van der Waals surface area contributed by atoms with Gasteiger partial charge in [0.2, 0.25) is 5.91 Å². The lowest BCUT2D eigenvalue weighted by atomic mass is 10.0. The monoisotopic (exact) mass is 240 g/mol. The van der Waals surface area contributed by atoms with E-state index >= 15 is 0 Å². The summed E-state index contributed by atoms with van der Waals surface area (Å²) in [5.74, 6) is 0.0979. The van der Waals surface area contributed by atoms with Crippen LogP contribution in [0, 0.1) is 6.92 Å². The van der Waals surface area contributed by atoms with Crippen molar-refractivity contribution in [2.45, 2.75) is 32.9 Å². The molecule has 1 aromatic rings. The lowest BCUT2D eigenvalue weighted by molar-refractivity contribution is -0.134. The van der Waals surface area contributed by atoms with Crippen LogP contribution in [0.2, 0.25) is 0 Å². The number of carbonyl (C=O) groups is 1. The number of hydrogen-bond acceptors (Lipinski definition) is 3. The van der Waals surface area contributed by atoms with Gasteiger partial charge in [-0.25, -0.2) is 0 Å². The standard InChI is InChI=1S/C12H20N2OS/c1-9-6-7-10(16-9)8-13-12(2,3)11(15)14(4)5/h6-7,13H,8H2,1-5H3. The molecule has 3 nitrogen and oxygen atoms in total. The van der Waals surface area contributed by atoms with Gasteiger partial charge in [-0.15, -0.1) is 11.3 Å². The van der Waals surface area contributed by atoms with E-state index in [-0.39, 0.29) is 5.91 Å². The van der Waals surface area contributed by atoms with E-state index in [0.717, 1.165) is 6.54 Å². The summed E-state index contributed by atoms with van der Waals surface area (Å²) in [4.78, 5) is 16.0. The SMILES string of the molecule is Cc1ccc(CNC(C)(C)C(=O)N(C)C)s1. The molecular weight excluding hydrogens is 220 g/mol. The third-order valence-corrected chi connectivity index (χ3v) is 3.44. The Kier molecular flexibility index (Phi) is 4.10. The van der Waals surface area contributed by atoms with Gasteiger partial charge in [-0.05, 0) is 32.9 Å². The molecule has 0 aliphatic carbocycles. The fraction of sp³-hybridized carbons (Fsp3) is 0.583. The first kappa shape index (κ1) is 13.2. The zero-order valence-electron chi connectivity index (χ0n) is 10.6. The minimum absolute atomic E-state index is 0.0979. The molecule has 1 aromatic heterocycles. The molecule has 1 rings (SSSR count). The molecule has 16 heavy (non-hydrogen) atoms. The van der Waals surface area contributed by atoms with Gasteiger partial charge in [0, 0.05) is 30.4 Å². The number of hydrogen-bond donors (Lipinski definition) is 1. The van der Waals surface area contributed by atoms with E-state index in [9.17, 15) is 4.79 Å². The molecule has 0 aliphatic rings. The maximum absolute atomic E-state index is 11.9. The van der Waals surface area contributed by atoms with E-state index in [1.54, 1.807) is 30.3 Å². The van der Waals surface area contributed by atoms with Gasteiger partial charge in [-0.3, -0.25) is 10.1 Å². The summed E-state index contributed by atoms with van der Waals surface area (Å²) in [7, 11) is 3.56. The molecule has 0 fully saturated rings. The Bertz CT molecular complexity index is 369. The first-order valence-corrected chi connectivity index (χ1v) is 6.16. The number of amides is 1. The zero-order valence-corrected chi connectivity index (χ0v) is 11.4. The van der Waals surface area contributed by atoms with Crippen LogP contribution in [0.15, 0.2) is 12.1 Å². The second-order valence-corrected chi connectivity index (χ2v) is 6.06. The van der Waals surface area contributed by atoms with Crippen LogP contribution >= 0.6 is 11.3 Å². The average molecular weight is 240 g/mol. The van der Waals surface area contributed by atoms with Crippen molar-refractivity contribution in [3.63, 3.8) is 0 Å². The van der Waals surface area contributed by atoms with Crippen LogP contribution < -0.4 is 5.32 Å². The van der Waals surface area contributed by atoms with Crippen molar-refractivity contribution in [2.75, 3.05) is 14.1 Å². The molecule has 0 atom stereocenters. The van der Waals surface area contributed by atoms with Crippen LogP contribution in [0.5, 0.6) is 0 Å². The van der Waals surface area contributed by atoms with E-state index in [1.165, 1.54) is 9.75 Å². The largest absolute Gasteiger partial charge is 0.347 e. The Morgan fingerprint density at radius 2 is 2.06 bits per heavy atom. The molecule has 0 spiro atoms. The number of rotatable bonds is 4. The maximum atomic E-state index is 11.9. The van der Waals surface area contributed by atoms with E-state index < -0.39 is 5.54 Å². The molecular formula is C12H20N2OS. The van der Waals surface area contributed by atoms with Crippen LogP contribution in [-0.4, -0.2) is 30.4 Å². The molecule has 0 aliphatic heterocycles. The van der Waals surface area contributed by atoms with Crippen LogP contribution in [0.3, 0.4) is 0 Å². The maximum Gasteiger partial charge on any atom is 0.241 e. The summed E-state index contributed by atoms with van der Waals surface area (Å²) in [5.41, 5.74) is -0.513. The number of thiophene rings is 1. The summed E-state index contributed by atoms with van der Waals surface area (Å²) < 4.78 is 0. The highest BCUT2D eigenvalue weighted by Gasteiger charge is 2.28. The van der Waals surface area contributed by atoms with Gasteiger partial charge in [0.05, 0.1) is 5.54 Å². The van der Waals surface area contributed by atoms with Crippen molar-refractivity contribution in [3.05, 3.63) is 21.9 Å². The van der Waals surface area contributed by atoms with Gasteiger partial charge in [-0.2, -0.15) is 0 Å². The summed E-state index contributed by atoms with van der Waals surface area (Å²) in [6, 6.07) is 4.20. The molecule has 0 saturated heterocycles. The van der Waals surface area contributed by atoms with E-state index in [1.807, 2.05) is 13.8 Å². The second kappa shape index (κ2) is 4.97. The fourth-order valence-electron chi connectivity index (χ4n) is 1.52. The molecule has 0 aromatic carbocycles. The van der Waals surface area contributed by atoms with Gasteiger partial charge >= 0.3 is 0 Å². The molecule has 1 amide bonds. The van der Waals surface area contributed by atoms with Crippen LogP contribution in [0.1, 0.15) is 23.6 Å². The smallest absolute Gasteiger partial charge is 0.241 e. The molecule has 90 valence electrons. The number of carbonyl (C=O) groups excluding carboxylic acids is 1. The summed E-state index contributed by atoms with van der Waals surface area (Å²) >= 11 is 1.76. The molecule has 1 N–H and O–H groups in total. The highest BCUT2D eigenvalue weighted by Crippen LogP contribution is 2.16. The van der Waals surface area contributed by atoms with E-state index in [4.69, 9.17) is 0 Å². The lowest BCUT2D eigenvalue weighted by Gasteiger charge is -2.28. The Balaban J connectivity index is 2.57. The number of nitrogens with one attached hydrogen (secondary N) is 1. The van der Waals surface area contributed by atoms with Gasteiger partial charge < -0.3 is 4.90 Å². The van der Waals surface area contributed by atoms with E-state index in [2.05, 4.69) is 24.4 Å². The molecule has 1 heterocycles. The van der Waals surface area contributed by atoms with Crippen molar-refractivity contribution < 1.29 is 4.79 Å². The van der Waals surface area contributed by atoms with E-state index in [0.29, 0.717) is 0 Å². The number of likely N-dealkylation sites (N-methyl/N-ethyl adjacent to an activating group) is 1. The molecule has 0 bridgehead atoms. The Labute approximate surface area is 101 Å². The van der Waals surface area contributed by atoms with Crippen LogP contribution in [0.4, 0.5) is 0 Å². The number of nitrogens with zero attached hydrogens (tertiary/aromatic N) is 1. The lowest BCUT2D eigenvalue weighted by Crippen LogP contribution is -2.51. The number of aryl methyl sites for hydroxylation is 1. The Morgan fingerprint density at radius 3 is 2.50 bits per heavy atom. The average Bonchev–Trinajstić information content (AvgIpc) is 2.60. The normalized spacial score (nSPS) is 11.6. The van der Waals surface area contributed by atoms with Gasteiger partial charge in [-0.1, -0.05) is 0 Å². The Morgan fingerprint density at radius 1 is 1.44 bits per heavy atom. The van der Waals surface area contributed by atoms with Crippen LogP contribution in [0.25, 0.3) is 0 Å². The van der Waals surface area contributed by atoms with Gasteiger partial charge in [0.25, 0.3) is 0 Å². The zero-order chi connectivity index (χ0) is 12.3. The van der Waals surface area contributed by atoms with Gasteiger partial charge in [0.1, 0.15) is 0 Å². The fourth-order valence-corrected chi connectivity index (χ4v) is 2.35. The quantitative estimate of drug-likeness (QED) is 0.873. The molecule has 0 saturated carbocycles. The minimum atomic E-state index is -0.513. The molecule has 0 unspecified atom stereocenters. The van der Waals surface area contributed by atoms with Crippen molar-refractivity contribution in [1.82, 2.24) is 10.2 Å². The summed E-state index contributed by atoms with van der Waals surface area (Å²) in [6.07, 6.45) is 0. The predicted octanol–water partition coefficient (Wildman–Crippen LogP) is 2.01. The highest BCUT2D eigenvalue weighted by molar-refractivity contribution is 7.11. The second-order valence-electron chi connectivity index (χ2n) is 4.69. The minimum Gasteiger partial charge on any atom is -0.347 e. The third kappa shape index (κ3) is 3.32. The van der Waals surface area contributed by atoms with Crippen LogP contribution in [-0.2, 0) is 11.3 Å². The third-order valence-electron chi connectivity index (χ3n) is 2.44. The van der Waals surface area contributed by atoms with Crippen molar-refractivity contribution >= 4 is 17.2 Å². The predicted molar refractivity (Wildman–Crippen MR) is 68.7 cm³/mol. The van der Waals surface area contributed by atoms with Crippen molar-refractivity contribution in [3.8, 4) is 0 Å². The van der Waals surface area contributed by atoms with Gasteiger partial charge in [0.15, 0.2) is 0 Å². The molecule has 0 radical (unpaired) electrons. The molecule has 4 heteroatoms.